The van der Waals surface area contributed by atoms with Gasteiger partial charge in [0.15, 0.2) is 0 Å². The second-order valence-corrected chi connectivity index (χ2v) is 4.37. The lowest BCUT2D eigenvalue weighted by Crippen LogP contribution is -2.09. The van der Waals surface area contributed by atoms with Crippen molar-refractivity contribution in [3.63, 3.8) is 0 Å². The summed E-state index contributed by atoms with van der Waals surface area (Å²) in [6.45, 7) is 5.16. The van der Waals surface area contributed by atoms with Crippen LogP contribution in [0.1, 0.15) is 13.8 Å². The van der Waals surface area contributed by atoms with E-state index in [1.807, 2.05) is 6.07 Å². The van der Waals surface area contributed by atoms with Gasteiger partial charge in [-0.25, -0.2) is 0 Å². The first-order valence-corrected chi connectivity index (χ1v) is 5.61. The van der Waals surface area contributed by atoms with Gasteiger partial charge in [-0.15, -0.1) is 0 Å². The van der Waals surface area contributed by atoms with Crippen LogP contribution in [0.3, 0.4) is 0 Å². The van der Waals surface area contributed by atoms with Crippen molar-refractivity contribution in [2.75, 3.05) is 26.1 Å². The SMILES string of the molecule is COc1cc(OC)c(NCC(C)C)cc1Cl. The molecule has 0 bridgehead atoms. The van der Waals surface area contributed by atoms with Crippen LogP contribution in [-0.4, -0.2) is 20.8 Å². The number of methoxy groups -OCH3 is 2. The molecule has 0 fully saturated rings. The lowest BCUT2D eigenvalue weighted by Gasteiger charge is -2.14. The number of ether oxygens (including phenoxy) is 2. The largest absolute Gasteiger partial charge is 0.495 e. The van der Waals surface area contributed by atoms with Gasteiger partial charge in [0.2, 0.25) is 0 Å². The summed E-state index contributed by atoms with van der Waals surface area (Å²) in [4.78, 5) is 0. The molecule has 90 valence electrons. The quantitative estimate of drug-likeness (QED) is 0.860. The van der Waals surface area contributed by atoms with Crippen molar-refractivity contribution in [3.05, 3.63) is 17.2 Å². The molecule has 0 spiro atoms. The zero-order chi connectivity index (χ0) is 12.1. The fraction of sp³-hybridized carbons (Fsp3) is 0.500. The minimum Gasteiger partial charge on any atom is -0.495 e. The van der Waals surface area contributed by atoms with Crippen LogP contribution in [0.4, 0.5) is 5.69 Å². The Bertz CT molecular complexity index is 353. The standard InChI is InChI=1S/C12H18ClNO2/c1-8(2)7-14-10-5-9(13)11(15-3)6-12(10)16-4/h5-6,8,14H,7H2,1-4H3. The molecular weight excluding hydrogens is 226 g/mol. The highest BCUT2D eigenvalue weighted by molar-refractivity contribution is 6.32. The Morgan fingerprint density at radius 3 is 2.31 bits per heavy atom. The summed E-state index contributed by atoms with van der Waals surface area (Å²) in [5, 5.41) is 3.87. The van der Waals surface area contributed by atoms with Crippen LogP contribution >= 0.6 is 11.6 Å². The molecule has 0 atom stereocenters. The first-order chi connectivity index (χ1) is 7.58. The monoisotopic (exact) mass is 243 g/mol. The Balaban J connectivity index is 2.94. The fourth-order valence-corrected chi connectivity index (χ4v) is 1.55. The first kappa shape index (κ1) is 13.0. The lowest BCUT2D eigenvalue weighted by molar-refractivity contribution is 0.395. The summed E-state index contributed by atoms with van der Waals surface area (Å²) in [5.74, 6) is 1.92. The third-order valence-corrected chi connectivity index (χ3v) is 2.47. The van der Waals surface area contributed by atoms with E-state index < -0.39 is 0 Å². The van der Waals surface area contributed by atoms with Gasteiger partial charge >= 0.3 is 0 Å². The van der Waals surface area contributed by atoms with Crippen molar-refractivity contribution in [1.29, 1.82) is 0 Å². The van der Waals surface area contributed by atoms with Crippen LogP contribution in [0.15, 0.2) is 12.1 Å². The number of nitrogens with one attached hydrogen (secondary N) is 1. The molecule has 4 heteroatoms. The van der Waals surface area contributed by atoms with E-state index in [9.17, 15) is 0 Å². The molecule has 0 amide bonds. The normalized spacial score (nSPS) is 10.4. The first-order valence-electron chi connectivity index (χ1n) is 5.23. The molecule has 0 unspecified atom stereocenters. The van der Waals surface area contributed by atoms with Gasteiger partial charge in [0.05, 0.1) is 24.9 Å². The molecule has 16 heavy (non-hydrogen) atoms. The summed E-state index contributed by atoms with van der Waals surface area (Å²) in [6, 6.07) is 3.60. The molecular formula is C12H18ClNO2. The van der Waals surface area contributed by atoms with E-state index in [0.29, 0.717) is 16.7 Å². The van der Waals surface area contributed by atoms with E-state index in [-0.39, 0.29) is 0 Å². The number of benzene rings is 1. The minimum atomic E-state index is 0.561. The van der Waals surface area contributed by atoms with Crippen LogP contribution in [0.5, 0.6) is 11.5 Å². The lowest BCUT2D eigenvalue weighted by atomic mass is 10.2. The van der Waals surface area contributed by atoms with Gasteiger partial charge < -0.3 is 14.8 Å². The third kappa shape index (κ3) is 3.20. The smallest absolute Gasteiger partial charge is 0.145 e. The molecule has 1 N–H and O–H groups in total. The van der Waals surface area contributed by atoms with Gasteiger partial charge in [0.25, 0.3) is 0 Å². The number of halogens is 1. The topological polar surface area (TPSA) is 30.5 Å². The number of anilines is 1. The molecule has 0 aliphatic rings. The molecule has 1 rings (SSSR count). The van der Waals surface area contributed by atoms with Gasteiger partial charge in [0, 0.05) is 12.6 Å². The van der Waals surface area contributed by atoms with Gasteiger partial charge in [-0.2, -0.15) is 0 Å². The van der Waals surface area contributed by atoms with Crippen molar-refractivity contribution in [1.82, 2.24) is 0 Å². The minimum absolute atomic E-state index is 0.561. The number of hydrogen-bond acceptors (Lipinski definition) is 3. The van der Waals surface area contributed by atoms with E-state index in [4.69, 9.17) is 21.1 Å². The molecule has 0 aromatic heterocycles. The van der Waals surface area contributed by atoms with Gasteiger partial charge in [0.1, 0.15) is 11.5 Å². The van der Waals surface area contributed by atoms with E-state index >= 15 is 0 Å². The van der Waals surface area contributed by atoms with E-state index in [2.05, 4.69) is 19.2 Å². The molecule has 0 saturated carbocycles. The Kier molecular flexibility index (Phi) is 4.74. The van der Waals surface area contributed by atoms with Crippen LogP contribution in [0.25, 0.3) is 0 Å². The fourth-order valence-electron chi connectivity index (χ4n) is 1.31. The molecule has 0 saturated heterocycles. The molecule has 3 nitrogen and oxygen atoms in total. The molecule has 1 aromatic carbocycles. The summed E-state index contributed by atoms with van der Waals surface area (Å²) < 4.78 is 10.4. The van der Waals surface area contributed by atoms with Crippen molar-refractivity contribution in [2.24, 2.45) is 5.92 Å². The predicted octanol–water partition coefficient (Wildman–Crippen LogP) is 3.43. The van der Waals surface area contributed by atoms with E-state index in [1.54, 1.807) is 20.3 Å². The summed E-state index contributed by atoms with van der Waals surface area (Å²) in [7, 11) is 3.21. The highest BCUT2D eigenvalue weighted by Gasteiger charge is 2.09. The Morgan fingerprint density at radius 2 is 1.81 bits per heavy atom. The zero-order valence-corrected chi connectivity index (χ0v) is 10.9. The number of hydrogen-bond donors (Lipinski definition) is 1. The number of rotatable bonds is 5. The molecule has 0 heterocycles. The molecule has 1 aromatic rings. The highest BCUT2D eigenvalue weighted by atomic mass is 35.5. The summed E-state index contributed by atoms with van der Waals surface area (Å²) in [5.41, 5.74) is 0.891. The highest BCUT2D eigenvalue weighted by Crippen LogP contribution is 2.35. The second-order valence-electron chi connectivity index (χ2n) is 3.96. The maximum atomic E-state index is 6.05. The van der Waals surface area contributed by atoms with Gasteiger partial charge in [-0.1, -0.05) is 25.4 Å². The van der Waals surface area contributed by atoms with Crippen LogP contribution in [0.2, 0.25) is 5.02 Å². The van der Waals surface area contributed by atoms with Gasteiger partial charge in [-0.05, 0) is 12.0 Å². The van der Waals surface area contributed by atoms with Crippen molar-refractivity contribution < 1.29 is 9.47 Å². The average molecular weight is 244 g/mol. The summed E-state index contributed by atoms with van der Waals surface area (Å²) >= 11 is 6.05. The van der Waals surface area contributed by atoms with E-state index in [0.717, 1.165) is 18.0 Å². The Labute approximate surface area is 102 Å². The Hall–Kier alpha value is -1.09. The Morgan fingerprint density at radius 1 is 1.19 bits per heavy atom. The predicted molar refractivity (Wildman–Crippen MR) is 67.9 cm³/mol. The summed E-state index contributed by atoms with van der Waals surface area (Å²) in [6.07, 6.45) is 0. The zero-order valence-electron chi connectivity index (χ0n) is 10.1. The van der Waals surface area contributed by atoms with Crippen molar-refractivity contribution in [3.8, 4) is 11.5 Å². The molecule has 0 aliphatic carbocycles. The third-order valence-electron chi connectivity index (χ3n) is 2.17. The maximum Gasteiger partial charge on any atom is 0.145 e. The van der Waals surface area contributed by atoms with Gasteiger partial charge in [-0.3, -0.25) is 0 Å². The second kappa shape index (κ2) is 5.85. The molecule has 0 aliphatic heterocycles. The van der Waals surface area contributed by atoms with Crippen molar-refractivity contribution in [2.45, 2.75) is 13.8 Å². The molecule has 0 radical (unpaired) electrons. The van der Waals surface area contributed by atoms with Crippen molar-refractivity contribution >= 4 is 17.3 Å². The maximum absolute atomic E-state index is 6.05. The van der Waals surface area contributed by atoms with E-state index in [1.165, 1.54) is 0 Å². The van der Waals surface area contributed by atoms with Crippen LogP contribution in [0, 0.1) is 5.92 Å². The average Bonchev–Trinajstić information content (AvgIpc) is 2.26. The van der Waals surface area contributed by atoms with Crippen LogP contribution in [-0.2, 0) is 0 Å². The van der Waals surface area contributed by atoms with Crippen LogP contribution < -0.4 is 14.8 Å².